The van der Waals surface area contributed by atoms with Crippen LogP contribution in [0.3, 0.4) is 0 Å². The van der Waals surface area contributed by atoms with E-state index in [1.807, 2.05) is 31.2 Å². The van der Waals surface area contributed by atoms with Gasteiger partial charge in [0.25, 0.3) is 5.91 Å². The molecule has 19 heavy (non-hydrogen) atoms. The lowest BCUT2D eigenvalue weighted by Crippen LogP contribution is -2.31. The Hall–Kier alpha value is -1.75. The molecular formula is C14H14BrN3O. The first-order valence-electron chi connectivity index (χ1n) is 6.02. The minimum Gasteiger partial charge on any atom is -0.332 e. The maximum Gasteiger partial charge on any atom is 0.273 e. The second-order valence-corrected chi connectivity index (χ2v) is 4.83. The molecule has 0 radical (unpaired) electrons. The summed E-state index contributed by atoms with van der Waals surface area (Å²) in [5.74, 6) is -0.0966. The fourth-order valence-electron chi connectivity index (χ4n) is 1.71. The van der Waals surface area contributed by atoms with E-state index in [-0.39, 0.29) is 5.91 Å². The Morgan fingerprint density at radius 3 is 2.63 bits per heavy atom. The summed E-state index contributed by atoms with van der Waals surface area (Å²) in [7, 11) is 0. The van der Waals surface area contributed by atoms with Crippen LogP contribution >= 0.6 is 15.9 Å². The van der Waals surface area contributed by atoms with E-state index in [1.165, 1.54) is 0 Å². The van der Waals surface area contributed by atoms with E-state index >= 15 is 0 Å². The molecular weight excluding hydrogens is 306 g/mol. The molecule has 0 aliphatic heterocycles. The maximum atomic E-state index is 12.4. The SMILES string of the molecule is CCN(Cc1ccccn1)C(=O)c1ncccc1Br. The first-order chi connectivity index (χ1) is 9.22. The number of hydrogen-bond donors (Lipinski definition) is 0. The van der Waals surface area contributed by atoms with Gasteiger partial charge < -0.3 is 4.90 Å². The quantitative estimate of drug-likeness (QED) is 0.870. The van der Waals surface area contributed by atoms with Crippen molar-refractivity contribution in [1.29, 1.82) is 0 Å². The van der Waals surface area contributed by atoms with Crippen LogP contribution < -0.4 is 0 Å². The summed E-state index contributed by atoms with van der Waals surface area (Å²) in [6, 6.07) is 9.28. The van der Waals surface area contributed by atoms with E-state index in [4.69, 9.17) is 0 Å². The highest BCUT2D eigenvalue weighted by Gasteiger charge is 2.18. The van der Waals surface area contributed by atoms with Crippen molar-refractivity contribution in [2.24, 2.45) is 0 Å². The Morgan fingerprint density at radius 2 is 2.00 bits per heavy atom. The van der Waals surface area contributed by atoms with E-state index in [1.54, 1.807) is 23.4 Å². The zero-order valence-electron chi connectivity index (χ0n) is 10.6. The molecule has 1 amide bonds. The van der Waals surface area contributed by atoms with Gasteiger partial charge in [-0.2, -0.15) is 0 Å². The topological polar surface area (TPSA) is 46.1 Å². The van der Waals surface area contributed by atoms with Crippen molar-refractivity contribution in [3.8, 4) is 0 Å². The van der Waals surface area contributed by atoms with E-state index < -0.39 is 0 Å². The highest BCUT2D eigenvalue weighted by Crippen LogP contribution is 2.16. The summed E-state index contributed by atoms with van der Waals surface area (Å²) in [5.41, 5.74) is 1.30. The molecule has 0 aliphatic carbocycles. The van der Waals surface area contributed by atoms with Crippen LogP contribution in [0.2, 0.25) is 0 Å². The summed E-state index contributed by atoms with van der Waals surface area (Å²) in [6.07, 6.45) is 3.34. The van der Waals surface area contributed by atoms with Gasteiger partial charge in [0.15, 0.2) is 0 Å². The molecule has 0 aliphatic rings. The molecule has 2 aromatic heterocycles. The third-order valence-corrected chi connectivity index (χ3v) is 3.35. The average Bonchev–Trinajstić information content (AvgIpc) is 2.46. The predicted octanol–water partition coefficient (Wildman–Crippen LogP) is 2.90. The molecule has 98 valence electrons. The Balaban J connectivity index is 2.18. The maximum absolute atomic E-state index is 12.4. The van der Waals surface area contributed by atoms with Gasteiger partial charge in [-0.05, 0) is 47.1 Å². The number of nitrogens with zero attached hydrogens (tertiary/aromatic N) is 3. The van der Waals surface area contributed by atoms with Crippen LogP contribution in [0.5, 0.6) is 0 Å². The van der Waals surface area contributed by atoms with Crippen molar-refractivity contribution in [2.45, 2.75) is 13.5 Å². The van der Waals surface area contributed by atoms with Gasteiger partial charge in [-0.3, -0.25) is 9.78 Å². The van der Waals surface area contributed by atoms with Gasteiger partial charge in [-0.1, -0.05) is 6.07 Å². The third-order valence-electron chi connectivity index (χ3n) is 2.71. The molecule has 0 aromatic carbocycles. The molecule has 4 nitrogen and oxygen atoms in total. The second kappa shape index (κ2) is 6.43. The smallest absolute Gasteiger partial charge is 0.273 e. The Labute approximate surface area is 120 Å². The van der Waals surface area contributed by atoms with Crippen LogP contribution in [0, 0.1) is 0 Å². The number of amides is 1. The van der Waals surface area contributed by atoms with Gasteiger partial charge in [-0.15, -0.1) is 0 Å². The van der Waals surface area contributed by atoms with Crippen molar-refractivity contribution in [3.05, 3.63) is 58.6 Å². The van der Waals surface area contributed by atoms with E-state index in [0.717, 1.165) is 5.69 Å². The van der Waals surface area contributed by atoms with Crippen molar-refractivity contribution < 1.29 is 4.79 Å². The van der Waals surface area contributed by atoms with Crippen molar-refractivity contribution in [2.75, 3.05) is 6.54 Å². The normalized spacial score (nSPS) is 10.2. The zero-order chi connectivity index (χ0) is 13.7. The minimum atomic E-state index is -0.0966. The third kappa shape index (κ3) is 3.38. The summed E-state index contributed by atoms with van der Waals surface area (Å²) in [5, 5.41) is 0. The summed E-state index contributed by atoms with van der Waals surface area (Å²) >= 11 is 3.35. The largest absolute Gasteiger partial charge is 0.332 e. The lowest BCUT2D eigenvalue weighted by molar-refractivity contribution is 0.0743. The number of halogens is 1. The number of carbonyl (C=O) groups is 1. The monoisotopic (exact) mass is 319 g/mol. The molecule has 5 heteroatoms. The molecule has 2 aromatic rings. The second-order valence-electron chi connectivity index (χ2n) is 3.97. The molecule has 0 atom stereocenters. The first-order valence-corrected chi connectivity index (χ1v) is 6.81. The molecule has 2 heterocycles. The minimum absolute atomic E-state index is 0.0966. The van der Waals surface area contributed by atoms with Gasteiger partial charge in [-0.25, -0.2) is 4.98 Å². The summed E-state index contributed by atoms with van der Waals surface area (Å²) in [6.45, 7) is 3.04. The Morgan fingerprint density at radius 1 is 1.21 bits per heavy atom. The average molecular weight is 320 g/mol. The fraction of sp³-hybridized carbons (Fsp3) is 0.214. The van der Waals surface area contributed by atoms with Crippen molar-refractivity contribution in [3.63, 3.8) is 0 Å². The number of carbonyl (C=O) groups excluding carboxylic acids is 1. The fourth-order valence-corrected chi connectivity index (χ4v) is 2.13. The molecule has 2 rings (SSSR count). The molecule has 0 saturated heterocycles. The van der Waals surface area contributed by atoms with E-state index in [9.17, 15) is 4.79 Å². The molecule has 0 bridgehead atoms. The summed E-state index contributed by atoms with van der Waals surface area (Å²) in [4.78, 5) is 22.5. The van der Waals surface area contributed by atoms with E-state index in [2.05, 4.69) is 25.9 Å². The summed E-state index contributed by atoms with van der Waals surface area (Å²) < 4.78 is 0.708. The number of hydrogen-bond acceptors (Lipinski definition) is 3. The number of aromatic nitrogens is 2. The van der Waals surface area contributed by atoms with Gasteiger partial charge in [0.1, 0.15) is 5.69 Å². The number of pyridine rings is 2. The van der Waals surface area contributed by atoms with Crippen LogP contribution in [-0.2, 0) is 6.54 Å². The van der Waals surface area contributed by atoms with Crippen LogP contribution in [0.15, 0.2) is 47.2 Å². The molecule has 0 spiro atoms. The van der Waals surface area contributed by atoms with Crippen LogP contribution in [-0.4, -0.2) is 27.3 Å². The van der Waals surface area contributed by atoms with Crippen molar-refractivity contribution in [1.82, 2.24) is 14.9 Å². The van der Waals surface area contributed by atoms with E-state index in [0.29, 0.717) is 23.3 Å². The van der Waals surface area contributed by atoms with Crippen LogP contribution in [0.25, 0.3) is 0 Å². The molecule has 0 fully saturated rings. The number of rotatable bonds is 4. The standard InChI is InChI=1S/C14H14BrN3O/c1-2-18(10-11-6-3-4-8-16-11)14(19)13-12(15)7-5-9-17-13/h3-9H,2,10H2,1H3. The van der Waals surface area contributed by atoms with Crippen molar-refractivity contribution >= 4 is 21.8 Å². The lowest BCUT2D eigenvalue weighted by Gasteiger charge is -2.20. The molecule has 0 unspecified atom stereocenters. The highest BCUT2D eigenvalue weighted by molar-refractivity contribution is 9.10. The van der Waals surface area contributed by atoms with Gasteiger partial charge in [0, 0.05) is 23.4 Å². The molecule has 0 N–H and O–H groups in total. The lowest BCUT2D eigenvalue weighted by atomic mass is 10.2. The molecule has 0 saturated carbocycles. The predicted molar refractivity (Wildman–Crippen MR) is 76.6 cm³/mol. The van der Waals surface area contributed by atoms with Crippen LogP contribution in [0.1, 0.15) is 23.1 Å². The van der Waals surface area contributed by atoms with Gasteiger partial charge >= 0.3 is 0 Å². The van der Waals surface area contributed by atoms with Gasteiger partial charge in [0.05, 0.1) is 12.2 Å². The van der Waals surface area contributed by atoms with Crippen LogP contribution in [0.4, 0.5) is 0 Å². The zero-order valence-corrected chi connectivity index (χ0v) is 12.2. The first kappa shape index (κ1) is 13.7. The van der Waals surface area contributed by atoms with Gasteiger partial charge in [0.2, 0.25) is 0 Å². The highest BCUT2D eigenvalue weighted by atomic mass is 79.9. The Kier molecular flexibility index (Phi) is 4.63. The Bertz CT molecular complexity index is 560.